The third kappa shape index (κ3) is 2.93. The van der Waals surface area contributed by atoms with Gasteiger partial charge in [0.2, 0.25) is 0 Å². The fourth-order valence-corrected chi connectivity index (χ4v) is 3.79. The molecule has 1 aromatic rings. The molecule has 0 unspecified atom stereocenters. The molecule has 148 valence electrons. The summed E-state index contributed by atoms with van der Waals surface area (Å²) in [5, 5.41) is 14.8. The van der Waals surface area contributed by atoms with Crippen LogP contribution in [-0.4, -0.2) is 47.9 Å². The Hall–Kier alpha value is -2.29. The van der Waals surface area contributed by atoms with E-state index in [-0.39, 0.29) is 34.4 Å². The Balaban J connectivity index is 2.06. The van der Waals surface area contributed by atoms with Crippen LogP contribution in [0.25, 0.3) is 0 Å². The van der Waals surface area contributed by atoms with Gasteiger partial charge < -0.3 is 14.6 Å². The van der Waals surface area contributed by atoms with Gasteiger partial charge in [0.1, 0.15) is 0 Å². The number of amides is 1. The van der Waals surface area contributed by atoms with Crippen LogP contribution < -0.4 is 9.47 Å². The van der Waals surface area contributed by atoms with Gasteiger partial charge >= 0.3 is 6.18 Å². The van der Waals surface area contributed by atoms with Crippen LogP contribution in [0.5, 0.6) is 11.5 Å². The fraction of sp³-hybridized carbons (Fsp3) is 0.556. The number of ether oxygens (including phenoxy) is 2. The number of hydrogen-bond donors (Lipinski definition) is 1. The second-order valence-electron chi connectivity index (χ2n) is 6.82. The largest absolute Gasteiger partial charge is 0.493 e. The van der Waals surface area contributed by atoms with Gasteiger partial charge in [-0.25, -0.2) is 0 Å². The molecule has 1 saturated carbocycles. The Morgan fingerprint density at radius 1 is 1.26 bits per heavy atom. The molecule has 0 saturated heterocycles. The first-order valence-electron chi connectivity index (χ1n) is 8.59. The molecule has 27 heavy (non-hydrogen) atoms. The van der Waals surface area contributed by atoms with Gasteiger partial charge in [-0.2, -0.15) is 23.3 Å². The highest BCUT2D eigenvalue weighted by Crippen LogP contribution is 2.49. The first kappa shape index (κ1) is 19.5. The molecule has 1 aliphatic carbocycles. The number of hydrazone groups is 1. The molecule has 0 radical (unpaired) electrons. The van der Waals surface area contributed by atoms with Crippen LogP contribution in [-0.2, 0) is 0 Å². The molecule has 3 rings (SSSR count). The fourth-order valence-electron chi connectivity index (χ4n) is 3.79. The monoisotopic (exact) mass is 386 g/mol. The number of nitrogens with zero attached hydrogens (tertiary/aromatic N) is 2. The van der Waals surface area contributed by atoms with Crippen molar-refractivity contribution in [1.82, 2.24) is 5.01 Å². The van der Waals surface area contributed by atoms with E-state index in [4.69, 9.17) is 9.47 Å². The molecule has 1 aliphatic heterocycles. The van der Waals surface area contributed by atoms with Crippen LogP contribution >= 0.6 is 0 Å². The molecule has 1 amide bonds. The molecular formula is C18H21F3N2O4. The van der Waals surface area contributed by atoms with Gasteiger partial charge in [-0.1, -0.05) is 13.3 Å². The van der Waals surface area contributed by atoms with Crippen molar-refractivity contribution >= 4 is 11.6 Å². The minimum Gasteiger partial charge on any atom is -0.493 e. The topological polar surface area (TPSA) is 71.4 Å². The number of alkyl halides is 3. The average Bonchev–Trinajstić information content (AvgIpc) is 2.96. The van der Waals surface area contributed by atoms with Crippen LogP contribution in [0.4, 0.5) is 13.2 Å². The van der Waals surface area contributed by atoms with E-state index in [1.165, 1.54) is 32.4 Å². The molecule has 3 atom stereocenters. The second kappa shape index (κ2) is 6.70. The Kier molecular flexibility index (Phi) is 4.83. The third-order valence-electron chi connectivity index (χ3n) is 5.26. The van der Waals surface area contributed by atoms with Crippen molar-refractivity contribution in [2.24, 2.45) is 16.9 Å². The summed E-state index contributed by atoms with van der Waals surface area (Å²) in [5.74, 6) is -2.03. The number of halogens is 3. The summed E-state index contributed by atoms with van der Waals surface area (Å²) in [6, 6.07) is 3.99. The zero-order chi connectivity index (χ0) is 20.0. The predicted molar refractivity (Wildman–Crippen MR) is 90.7 cm³/mol. The van der Waals surface area contributed by atoms with Crippen molar-refractivity contribution in [1.29, 1.82) is 0 Å². The van der Waals surface area contributed by atoms with E-state index < -0.39 is 23.7 Å². The van der Waals surface area contributed by atoms with Crippen molar-refractivity contribution in [3.05, 3.63) is 23.8 Å². The molecule has 1 N–H and O–H groups in total. The Bertz CT molecular complexity index is 780. The lowest BCUT2D eigenvalue weighted by Gasteiger charge is -2.39. The van der Waals surface area contributed by atoms with E-state index in [2.05, 4.69) is 5.10 Å². The number of methoxy groups -OCH3 is 2. The van der Waals surface area contributed by atoms with Crippen molar-refractivity contribution in [2.45, 2.75) is 38.1 Å². The highest BCUT2D eigenvalue weighted by Gasteiger charge is 2.69. The quantitative estimate of drug-likeness (QED) is 0.866. The van der Waals surface area contributed by atoms with Gasteiger partial charge in [-0.3, -0.25) is 4.79 Å². The first-order chi connectivity index (χ1) is 12.6. The molecule has 1 aromatic carbocycles. The zero-order valence-electron chi connectivity index (χ0n) is 15.2. The molecule has 9 heteroatoms. The predicted octanol–water partition coefficient (Wildman–Crippen LogP) is 3.20. The van der Waals surface area contributed by atoms with Gasteiger partial charge in [-0.15, -0.1) is 0 Å². The maximum atomic E-state index is 13.9. The maximum absolute atomic E-state index is 13.9. The highest BCUT2D eigenvalue weighted by molar-refractivity contribution is 6.00. The summed E-state index contributed by atoms with van der Waals surface area (Å²) >= 11 is 0. The standard InChI is InChI=1S/C18H21F3N2O4/c1-10-5-4-6-12-15(10)22-23(17(12,25)18(19,20)21)16(24)11-7-8-13(26-2)14(9-11)27-3/h7-10,12,25H,4-6H2,1-3H3/t10-,12-,17+/m1/s1. The molecule has 0 aromatic heterocycles. The summed E-state index contributed by atoms with van der Waals surface area (Å²) in [5.41, 5.74) is -3.23. The summed E-state index contributed by atoms with van der Waals surface area (Å²) < 4.78 is 51.8. The summed E-state index contributed by atoms with van der Waals surface area (Å²) in [7, 11) is 2.75. The summed E-state index contributed by atoms with van der Waals surface area (Å²) in [6.07, 6.45) is -3.73. The average molecular weight is 386 g/mol. The van der Waals surface area contributed by atoms with Gasteiger partial charge in [-0.05, 0) is 37.0 Å². The number of carbonyl (C=O) groups is 1. The normalized spacial score (nSPS) is 27.8. The second-order valence-corrected chi connectivity index (χ2v) is 6.82. The maximum Gasteiger partial charge on any atom is 0.439 e. The lowest BCUT2D eigenvalue weighted by atomic mass is 9.75. The van der Waals surface area contributed by atoms with Gasteiger partial charge in [0, 0.05) is 11.3 Å². The highest BCUT2D eigenvalue weighted by atomic mass is 19.4. The molecule has 0 bridgehead atoms. The van der Waals surface area contributed by atoms with Gasteiger partial charge in [0.05, 0.1) is 20.1 Å². The third-order valence-corrected chi connectivity index (χ3v) is 5.26. The van der Waals surface area contributed by atoms with Crippen molar-refractivity contribution < 1.29 is 32.5 Å². The zero-order valence-corrected chi connectivity index (χ0v) is 15.2. The number of carbonyl (C=O) groups excluding carboxylic acids is 1. The lowest BCUT2D eigenvalue weighted by molar-refractivity contribution is -0.312. The summed E-state index contributed by atoms with van der Waals surface area (Å²) in [4.78, 5) is 12.9. The van der Waals surface area contributed by atoms with E-state index >= 15 is 0 Å². The van der Waals surface area contributed by atoms with E-state index in [9.17, 15) is 23.1 Å². The van der Waals surface area contributed by atoms with Crippen LogP contribution in [0, 0.1) is 11.8 Å². The van der Waals surface area contributed by atoms with Gasteiger partial charge in [0.15, 0.2) is 11.5 Å². The molecule has 0 spiro atoms. The Morgan fingerprint density at radius 2 is 1.93 bits per heavy atom. The SMILES string of the molecule is COc1ccc(C(=O)N2N=C3[C@H](C)CCC[C@H]3[C@]2(O)C(F)(F)F)cc1OC. The van der Waals surface area contributed by atoms with Crippen molar-refractivity contribution in [3.8, 4) is 11.5 Å². The lowest BCUT2D eigenvalue weighted by Crippen LogP contribution is -2.61. The minimum atomic E-state index is -5.05. The van der Waals surface area contributed by atoms with Crippen molar-refractivity contribution in [2.75, 3.05) is 14.2 Å². The first-order valence-corrected chi connectivity index (χ1v) is 8.59. The van der Waals surface area contributed by atoms with Crippen LogP contribution in [0.2, 0.25) is 0 Å². The molecular weight excluding hydrogens is 365 g/mol. The van der Waals surface area contributed by atoms with E-state index in [0.29, 0.717) is 18.6 Å². The molecule has 1 heterocycles. The van der Waals surface area contributed by atoms with Gasteiger partial charge in [0.25, 0.3) is 11.6 Å². The number of aliphatic hydroxyl groups is 1. The Morgan fingerprint density at radius 3 is 2.52 bits per heavy atom. The summed E-state index contributed by atoms with van der Waals surface area (Å²) in [6.45, 7) is 1.76. The number of rotatable bonds is 3. The number of hydrogen-bond acceptors (Lipinski definition) is 5. The minimum absolute atomic E-state index is 0.0917. The number of benzene rings is 1. The van der Waals surface area contributed by atoms with E-state index in [1.807, 2.05) is 0 Å². The molecule has 2 aliphatic rings. The van der Waals surface area contributed by atoms with Crippen molar-refractivity contribution in [3.63, 3.8) is 0 Å². The van der Waals surface area contributed by atoms with E-state index in [1.54, 1.807) is 6.92 Å². The molecule has 1 fully saturated rings. The smallest absolute Gasteiger partial charge is 0.439 e. The van der Waals surface area contributed by atoms with Crippen LogP contribution in [0.15, 0.2) is 23.3 Å². The molecule has 6 nitrogen and oxygen atoms in total. The Labute approximate surface area is 154 Å². The number of fused-ring (bicyclic) bond motifs is 1. The van der Waals surface area contributed by atoms with Crippen LogP contribution in [0.3, 0.4) is 0 Å². The van der Waals surface area contributed by atoms with Crippen LogP contribution in [0.1, 0.15) is 36.5 Å². The van der Waals surface area contributed by atoms with E-state index in [0.717, 1.165) is 0 Å².